The van der Waals surface area contributed by atoms with Gasteiger partial charge in [-0.15, -0.1) is 0 Å². The minimum absolute atomic E-state index is 0.182. The average molecular weight is 320 g/mol. The lowest BCUT2D eigenvalue weighted by molar-refractivity contribution is -0.174. The zero-order valence-electron chi connectivity index (χ0n) is 11.8. The molecule has 1 N–H and O–H groups in total. The highest BCUT2D eigenvalue weighted by Gasteiger charge is 2.27. The zero-order valence-corrected chi connectivity index (χ0v) is 11.8. The highest BCUT2D eigenvalue weighted by molar-refractivity contribution is 5.91. The van der Waals surface area contributed by atoms with Gasteiger partial charge in [0, 0.05) is 18.8 Å². The van der Waals surface area contributed by atoms with E-state index in [1.165, 1.54) is 6.07 Å². The molecule has 0 unspecified atom stereocenters. The molecule has 1 amide bonds. The van der Waals surface area contributed by atoms with Crippen LogP contribution < -0.4 is 10.2 Å². The molecule has 1 heterocycles. The number of alkyl halides is 3. The highest BCUT2D eigenvalue weighted by atomic mass is 19.4. The van der Waals surface area contributed by atoms with Gasteiger partial charge in [-0.25, -0.2) is 4.39 Å². The van der Waals surface area contributed by atoms with Crippen molar-refractivity contribution in [3.63, 3.8) is 0 Å². The molecule has 1 fully saturated rings. The van der Waals surface area contributed by atoms with Gasteiger partial charge >= 0.3 is 6.18 Å². The monoisotopic (exact) mass is 320 g/mol. The van der Waals surface area contributed by atoms with E-state index in [4.69, 9.17) is 0 Å². The lowest BCUT2D eigenvalue weighted by Gasteiger charge is -2.18. The molecule has 2 rings (SSSR count). The van der Waals surface area contributed by atoms with Gasteiger partial charge in [-0.2, -0.15) is 13.2 Å². The van der Waals surface area contributed by atoms with Crippen LogP contribution >= 0.6 is 0 Å². The largest absolute Gasteiger partial charge is 0.411 e. The molecule has 0 bridgehead atoms. The molecular formula is C14H16F4N2O2. The first-order chi connectivity index (χ1) is 10.3. The number of ether oxygens (including phenoxy) is 1. The van der Waals surface area contributed by atoms with Gasteiger partial charge < -0.3 is 15.0 Å². The van der Waals surface area contributed by atoms with Crippen LogP contribution in [0.2, 0.25) is 0 Å². The van der Waals surface area contributed by atoms with Crippen LogP contribution in [-0.2, 0) is 9.53 Å². The quantitative estimate of drug-likeness (QED) is 0.848. The van der Waals surface area contributed by atoms with Gasteiger partial charge in [-0.05, 0) is 31.0 Å². The third-order valence-electron chi connectivity index (χ3n) is 3.18. The van der Waals surface area contributed by atoms with Crippen molar-refractivity contribution in [1.82, 2.24) is 0 Å². The Labute approximate surface area is 125 Å². The van der Waals surface area contributed by atoms with E-state index in [1.54, 1.807) is 6.07 Å². The van der Waals surface area contributed by atoms with E-state index >= 15 is 0 Å². The number of hydrogen-bond donors (Lipinski definition) is 1. The van der Waals surface area contributed by atoms with Gasteiger partial charge in [0.25, 0.3) is 0 Å². The SMILES string of the molecule is O=C(COCC(F)(F)F)Nc1ccc(N2CCCC2)c(F)c1. The van der Waals surface area contributed by atoms with Crippen LogP contribution in [0, 0.1) is 5.82 Å². The number of benzene rings is 1. The normalized spacial score (nSPS) is 15.2. The second-order valence-corrected chi connectivity index (χ2v) is 5.02. The number of hydrogen-bond acceptors (Lipinski definition) is 3. The molecule has 0 aromatic heterocycles. The fraction of sp³-hybridized carbons (Fsp3) is 0.500. The molecule has 0 aliphatic carbocycles. The van der Waals surface area contributed by atoms with Crippen LogP contribution in [0.4, 0.5) is 28.9 Å². The number of carbonyl (C=O) groups is 1. The molecule has 0 radical (unpaired) electrons. The molecule has 0 saturated carbocycles. The van der Waals surface area contributed by atoms with Crippen molar-refractivity contribution in [3.8, 4) is 0 Å². The Kier molecular flexibility index (Phi) is 5.23. The zero-order chi connectivity index (χ0) is 16.2. The number of amides is 1. The fourth-order valence-electron chi connectivity index (χ4n) is 2.26. The second kappa shape index (κ2) is 6.95. The molecule has 122 valence electrons. The Morgan fingerprint density at radius 3 is 2.55 bits per heavy atom. The van der Waals surface area contributed by atoms with Crippen LogP contribution in [0.3, 0.4) is 0 Å². The lowest BCUT2D eigenvalue weighted by Crippen LogP contribution is -2.24. The Bertz CT molecular complexity index is 528. The van der Waals surface area contributed by atoms with Gasteiger partial charge in [0.2, 0.25) is 5.91 Å². The highest BCUT2D eigenvalue weighted by Crippen LogP contribution is 2.26. The summed E-state index contributed by atoms with van der Waals surface area (Å²) in [4.78, 5) is 13.3. The Morgan fingerprint density at radius 2 is 1.95 bits per heavy atom. The van der Waals surface area contributed by atoms with Gasteiger partial charge in [0.05, 0.1) is 5.69 Å². The first kappa shape index (κ1) is 16.5. The Morgan fingerprint density at radius 1 is 1.27 bits per heavy atom. The maximum atomic E-state index is 14.0. The van der Waals surface area contributed by atoms with Gasteiger partial charge in [-0.1, -0.05) is 0 Å². The number of carbonyl (C=O) groups excluding carboxylic acids is 1. The molecule has 0 atom stereocenters. The van der Waals surface area contributed by atoms with Crippen molar-refractivity contribution in [2.24, 2.45) is 0 Å². The number of halogens is 4. The number of anilines is 2. The first-order valence-corrected chi connectivity index (χ1v) is 6.84. The van der Waals surface area contributed by atoms with E-state index in [9.17, 15) is 22.4 Å². The van der Waals surface area contributed by atoms with Crippen molar-refractivity contribution < 1.29 is 27.1 Å². The molecule has 0 spiro atoms. The maximum absolute atomic E-state index is 14.0. The van der Waals surface area contributed by atoms with E-state index in [0.29, 0.717) is 5.69 Å². The molecule has 1 aromatic carbocycles. The molecule has 1 aliphatic rings. The molecule has 22 heavy (non-hydrogen) atoms. The fourth-order valence-corrected chi connectivity index (χ4v) is 2.26. The van der Waals surface area contributed by atoms with Crippen molar-refractivity contribution >= 4 is 17.3 Å². The van der Waals surface area contributed by atoms with Crippen LogP contribution in [-0.4, -0.2) is 38.4 Å². The minimum atomic E-state index is -4.48. The van der Waals surface area contributed by atoms with Gasteiger partial charge in [0.1, 0.15) is 19.0 Å². The summed E-state index contributed by atoms with van der Waals surface area (Å²) in [7, 11) is 0. The predicted octanol–water partition coefficient (Wildman–Crippen LogP) is 2.94. The molecule has 4 nitrogen and oxygen atoms in total. The van der Waals surface area contributed by atoms with Crippen molar-refractivity contribution in [1.29, 1.82) is 0 Å². The average Bonchev–Trinajstić information content (AvgIpc) is 2.91. The Hall–Kier alpha value is -1.83. The van der Waals surface area contributed by atoms with E-state index < -0.39 is 31.1 Å². The van der Waals surface area contributed by atoms with Crippen molar-refractivity contribution in [3.05, 3.63) is 24.0 Å². The standard InChI is InChI=1S/C14H16F4N2O2/c15-11-7-10(3-4-12(11)20-5-1-2-6-20)19-13(21)8-22-9-14(16,17)18/h3-4,7H,1-2,5-6,8-9H2,(H,19,21). The Balaban J connectivity index is 1.87. The summed E-state index contributed by atoms with van der Waals surface area (Å²) in [6, 6.07) is 4.21. The smallest absolute Gasteiger partial charge is 0.369 e. The minimum Gasteiger partial charge on any atom is -0.369 e. The summed E-state index contributed by atoms with van der Waals surface area (Å²) in [5.74, 6) is -1.24. The molecule has 1 aromatic rings. The maximum Gasteiger partial charge on any atom is 0.411 e. The summed E-state index contributed by atoms with van der Waals surface area (Å²) in [6.45, 7) is -0.667. The summed E-state index contributed by atoms with van der Waals surface area (Å²) in [5.41, 5.74) is 0.643. The topological polar surface area (TPSA) is 41.6 Å². The van der Waals surface area contributed by atoms with Crippen LogP contribution in [0.5, 0.6) is 0 Å². The molecule has 1 saturated heterocycles. The van der Waals surface area contributed by atoms with Crippen LogP contribution in [0.15, 0.2) is 18.2 Å². The number of nitrogens with zero attached hydrogens (tertiary/aromatic N) is 1. The molecular weight excluding hydrogens is 304 g/mol. The van der Waals surface area contributed by atoms with E-state index in [2.05, 4.69) is 10.1 Å². The van der Waals surface area contributed by atoms with E-state index in [0.717, 1.165) is 32.0 Å². The third-order valence-corrected chi connectivity index (χ3v) is 3.18. The van der Waals surface area contributed by atoms with E-state index in [-0.39, 0.29) is 5.69 Å². The van der Waals surface area contributed by atoms with Crippen LogP contribution in [0.25, 0.3) is 0 Å². The van der Waals surface area contributed by atoms with Crippen molar-refractivity contribution in [2.75, 3.05) is 36.5 Å². The van der Waals surface area contributed by atoms with Crippen molar-refractivity contribution in [2.45, 2.75) is 19.0 Å². The molecule has 8 heteroatoms. The first-order valence-electron chi connectivity index (χ1n) is 6.84. The summed E-state index contributed by atoms with van der Waals surface area (Å²) in [5, 5.41) is 2.30. The van der Waals surface area contributed by atoms with E-state index in [1.807, 2.05) is 4.90 Å². The third kappa shape index (κ3) is 4.87. The predicted molar refractivity (Wildman–Crippen MR) is 73.4 cm³/mol. The summed E-state index contributed by atoms with van der Waals surface area (Å²) in [6.07, 6.45) is -2.47. The van der Waals surface area contributed by atoms with Gasteiger partial charge in [0.15, 0.2) is 0 Å². The molecule has 1 aliphatic heterocycles. The summed E-state index contributed by atoms with van der Waals surface area (Å²) < 4.78 is 53.8. The second-order valence-electron chi connectivity index (χ2n) is 5.02. The van der Waals surface area contributed by atoms with Gasteiger partial charge in [-0.3, -0.25) is 4.79 Å². The van der Waals surface area contributed by atoms with Crippen LogP contribution in [0.1, 0.15) is 12.8 Å². The lowest BCUT2D eigenvalue weighted by atomic mass is 10.2. The summed E-state index contributed by atoms with van der Waals surface area (Å²) >= 11 is 0. The number of rotatable bonds is 5. The number of nitrogens with one attached hydrogen (secondary N) is 1.